The molecule has 3 fully saturated rings. The van der Waals surface area contributed by atoms with Gasteiger partial charge in [0.1, 0.15) is 0 Å². The van der Waals surface area contributed by atoms with Crippen LogP contribution in [0.5, 0.6) is 0 Å². The van der Waals surface area contributed by atoms with Crippen LogP contribution in [0.1, 0.15) is 19.3 Å². The number of aliphatic carboxylic acids is 1. The first kappa shape index (κ1) is 11.8. The molecule has 0 bridgehead atoms. The van der Waals surface area contributed by atoms with Crippen LogP contribution in [0.4, 0.5) is 4.79 Å². The van der Waals surface area contributed by atoms with Gasteiger partial charge in [-0.3, -0.25) is 4.79 Å². The van der Waals surface area contributed by atoms with E-state index in [1.54, 1.807) is 4.90 Å². The molecule has 2 saturated heterocycles. The number of urea groups is 1. The molecule has 0 radical (unpaired) electrons. The highest BCUT2D eigenvalue weighted by atomic mass is 16.4. The van der Waals surface area contributed by atoms with Crippen LogP contribution in [-0.4, -0.2) is 65.7 Å². The molecule has 0 spiro atoms. The summed E-state index contributed by atoms with van der Waals surface area (Å²) in [6.07, 6.45) is 2.37. The standard InChI is InChI=1S/C12H19N3O3/c16-10(17)12(2-1-3-12)8-14-7-9-6-13-4-5-15(9)11(14)18/h9,13H,1-8H2,(H,16,17)/t9-/m0/s1. The van der Waals surface area contributed by atoms with Gasteiger partial charge in [0.25, 0.3) is 0 Å². The predicted octanol–water partition coefficient (Wildman–Crippen LogP) is -0.0493. The molecule has 1 atom stereocenters. The molecular weight excluding hydrogens is 234 g/mol. The molecule has 6 heteroatoms. The number of rotatable bonds is 3. The zero-order valence-electron chi connectivity index (χ0n) is 10.4. The van der Waals surface area contributed by atoms with Crippen molar-refractivity contribution in [2.24, 2.45) is 5.41 Å². The van der Waals surface area contributed by atoms with Gasteiger partial charge in [-0.25, -0.2) is 4.79 Å². The minimum atomic E-state index is -0.746. The van der Waals surface area contributed by atoms with Gasteiger partial charge in [0.05, 0.1) is 11.5 Å². The maximum absolute atomic E-state index is 12.2. The van der Waals surface area contributed by atoms with Gasteiger partial charge < -0.3 is 20.2 Å². The van der Waals surface area contributed by atoms with Crippen molar-refractivity contribution in [2.75, 3.05) is 32.7 Å². The summed E-state index contributed by atoms with van der Waals surface area (Å²) in [5, 5.41) is 12.6. The molecule has 3 aliphatic rings. The Hall–Kier alpha value is -1.30. The van der Waals surface area contributed by atoms with E-state index in [-0.39, 0.29) is 12.1 Å². The molecular formula is C12H19N3O3. The SMILES string of the molecule is O=C1N(CC2(C(=O)O)CCC2)C[C@@H]2CNCCN12. The van der Waals surface area contributed by atoms with E-state index in [1.165, 1.54) is 0 Å². The number of carboxylic acid groups (broad SMARTS) is 1. The summed E-state index contributed by atoms with van der Waals surface area (Å²) in [4.78, 5) is 27.2. The van der Waals surface area contributed by atoms with Gasteiger partial charge in [0.15, 0.2) is 0 Å². The van der Waals surface area contributed by atoms with Crippen molar-refractivity contribution in [1.82, 2.24) is 15.1 Å². The van der Waals surface area contributed by atoms with Crippen LogP contribution in [0.25, 0.3) is 0 Å². The first-order valence-electron chi connectivity index (χ1n) is 6.62. The Morgan fingerprint density at radius 3 is 2.83 bits per heavy atom. The Bertz CT molecular complexity index is 381. The number of amides is 2. The van der Waals surface area contributed by atoms with E-state index < -0.39 is 11.4 Å². The van der Waals surface area contributed by atoms with Crippen molar-refractivity contribution in [3.63, 3.8) is 0 Å². The lowest BCUT2D eigenvalue weighted by Crippen LogP contribution is -2.50. The number of carbonyl (C=O) groups excluding carboxylic acids is 1. The lowest BCUT2D eigenvalue weighted by molar-refractivity contribution is -0.155. The highest BCUT2D eigenvalue weighted by molar-refractivity contribution is 5.80. The Labute approximate surface area is 106 Å². The third-order valence-electron chi connectivity index (χ3n) is 4.56. The molecule has 2 aliphatic heterocycles. The van der Waals surface area contributed by atoms with E-state index in [0.29, 0.717) is 25.9 Å². The smallest absolute Gasteiger partial charge is 0.320 e. The second-order valence-corrected chi connectivity index (χ2v) is 5.65. The molecule has 2 heterocycles. The minimum Gasteiger partial charge on any atom is -0.481 e. The molecule has 1 saturated carbocycles. The zero-order chi connectivity index (χ0) is 12.8. The zero-order valence-corrected chi connectivity index (χ0v) is 10.4. The van der Waals surface area contributed by atoms with E-state index in [4.69, 9.17) is 0 Å². The van der Waals surface area contributed by atoms with Crippen molar-refractivity contribution >= 4 is 12.0 Å². The normalized spacial score (nSPS) is 30.0. The highest BCUT2D eigenvalue weighted by Gasteiger charge is 2.49. The molecule has 18 heavy (non-hydrogen) atoms. The fraction of sp³-hybridized carbons (Fsp3) is 0.833. The molecule has 0 aromatic rings. The fourth-order valence-corrected chi connectivity index (χ4v) is 3.23. The maximum atomic E-state index is 12.2. The number of carboxylic acids is 1. The van der Waals surface area contributed by atoms with Crippen molar-refractivity contribution in [3.05, 3.63) is 0 Å². The second kappa shape index (κ2) is 4.12. The molecule has 0 aromatic heterocycles. The van der Waals surface area contributed by atoms with E-state index >= 15 is 0 Å². The molecule has 6 nitrogen and oxygen atoms in total. The topological polar surface area (TPSA) is 72.9 Å². The molecule has 2 amide bonds. The van der Waals surface area contributed by atoms with E-state index in [1.807, 2.05) is 4.90 Å². The summed E-state index contributed by atoms with van der Waals surface area (Å²) < 4.78 is 0. The second-order valence-electron chi connectivity index (χ2n) is 5.65. The van der Waals surface area contributed by atoms with Crippen LogP contribution in [-0.2, 0) is 4.79 Å². The van der Waals surface area contributed by atoms with Crippen LogP contribution in [0, 0.1) is 5.41 Å². The molecule has 0 unspecified atom stereocenters. The Morgan fingerprint density at radius 1 is 1.50 bits per heavy atom. The molecule has 100 valence electrons. The first-order chi connectivity index (χ1) is 8.62. The van der Waals surface area contributed by atoms with Gasteiger partial charge in [-0.1, -0.05) is 6.42 Å². The number of nitrogens with one attached hydrogen (secondary N) is 1. The van der Waals surface area contributed by atoms with Crippen LogP contribution < -0.4 is 5.32 Å². The van der Waals surface area contributed by atoms with E-state index in [9.17, 15) is 14.7 Å². The van der Waals surface area contributed by atoms with Gasteiger partial charge in [0.2, 0.25) is 0 Å². The van der Waals surface area contributed by atoms with Crippen LogP contribution in [0.15, 0.2) is 0 Å². The predicted molar refractivity (Wildman–Crippen MR) is 64.3 cm³/mol. The largest absolute Gasteiger partial charge is 0.481 e. The molecule has 2 N–H and O–H groups in total. The highest BCUT2D eigenvalue weighted by Crippen LogP contribution is 2.42. The Kier molecular flexibility index (Phi) is 2.69. The van der Waals surface area contributed by atoms with Crippen molar-refractivity contribution in [3.8, 4) is 0 Å². The van der Waals surface area contributed by atoms with Gasteiger partial charge in [-0.15, -0.1) is 0 Å². The number of piperazine rings is 1. The summed E-state index contributed by atoms with van der Waals surface area (Å²) in [5.74, 6) is -0.746. The third kappa shape index (κ3) is 1.67. The third-order valence-corrected chi connectivity index (χ3v) is 4.56. The van der Waals surface area contributed by atoms with E-state index in [2.05, 4.69) is 5.32 Å². The van der Waals surface area contributed by atoms with Crippen LogP contribution >= 0.6 is 0 Å². The molecule has 1 aliphatic carbocycles. The first-order valence-corrected chi connectivity index (χ1v) is 6.62. The Balaban J connectivity index is 1.70. The average Bonchev–Trinajstić information content (AvgIpc) is 2.61. The number of fused-ring (bicyclic) bond motifs is 1. The monoisotopic (exact) mass is 253 g/mol. The summed E-state index contributed by atoms with van der Waals surface area (Å²) in [6.45, 7) is 3.44. The maximum Gasteiger partial charge on any atom is 0.320 e. The van der Waals surface area contributed by atoms with Crippen molar-refractivity contribution < 1.29 is 14.7 Å². The molecule has 3 rings (SSSR count). The lowest BCUT2D eigenvalue weighted by atomic mass is 9.68. The van der Waals surface area contributed by atoms with Crippen molar-refractivity contribution in [2.45, 2.75) is 25.3 Å². The fourth-order valence-electron chi connectivity index (χ4n) is 3.23. The lowest BCUT2D eigenvalue weighted by Gasteiger charge is -2.40. The van der Waals surface area contributed by atoms with Gasteiger partial charge in [-0.05, 0) is 12.8 Å². The Morgan fingerprint density at radius 2 is 2.28 bits per heavy atom. The van der Waals surface area contributed by atoms with Crippen LogP contribution in [0.3, 0.4) is 0 Å². The quantitative estimate of drug-likeness (QED) is 0.739. The number of carbonyl (C=O) groups is 2. The van der Waals surface area contributed by atoms with Gasteiger partial charge >= 0.3 is 12.0 Å². The number of hydrogen-bond acceptors (Lipinski definition) is 3. The summed E-state index contributed by atoms with van der Waals surface area (Å²) in [5.41, 5.74) is -0.669. The summed E-state index contributed by atoms with van der Waals surface area (Å²) >= 11 is 0. The van der Waals surface area contributed by atoms with Gasteiger partial charge in [-0.2, -0.15) is 0 Å². The van der Waals surface area contributed by atoms with Gasteiger partial charge in [0, 0.05) is 32.7 Å². The summed E-state index contributed by atoms with van der Waals surface area (Å²) in [6, 6.07) is 0.242. The minimum absolute atomic E-state index is 0.0222. The van der Waals surface area contributed by atoms with Crippen molar-refractivity contribution in [1.29, 1.82) is 0 Å². The molecule has 0 aromatic carbocycles. The summed E-state index contributed by atoms with van der Waals surface area (Å²) in [7, 11) is 0. The number of nitrogens with zero attached hydrogens (tertiary/aromatic N) is 2. The number of hydrogen-bond donors (Lipinski definition) is 2. The van der Waals surface area contributed by atoms with E-state index in [0.717, 1.165) is 26.1 Å². The van der Waals surface area contributed by atoms with Crippen LogP contribution in [0.2, 0.25) is 0 Å². The average molecular weight is 253 g/mol.